The molecular weight excluding hydrogens is 260 g/mol. The van der Waals surface area contributed by atoms with Crippen LogP contribution in [0.25, 0.3) is 0 Å². The number of carbonyl (C=O) groups excluding carboxylic acids is 2. The molecular formula is C14H24N2O4. The van der Waals surface area contributed by atoms with E-state index in [-0.39, 0.29) is 12.1 Å². The van der Waals surface area contributed by atoms with E-state index in [0.717, 1.165) is 25.3 Å². The zero-order chi connectivity index (χ0) is 14.5. The van der Waals surface area contributed by atoms with E-state index in [0.29, 0.717) is 19.1 Å². The molecule has 1 saturated heterocycles. The number of hydrogen-bond acceptors (Lipinski definition) is 4. The third kappa shape index (κ3) is 4.28. The number of piperidine rings is 1. The molecule has 2 rings (SSSR count). The number of carbonyl (C=O) groups is 2. The van der Waals surface area contributed by atoms with Crippen molar-refractivity contribution >= 4 is 12.2 Å². The van der Waals surface area contributed by atoms with Crippen molar-refractivity contribution in [3.8, 4) is 0 Å². The zero-order valence-corrected chi connectivity index (χ0v) is 12.3. The molecule has 0 spiro atoms. The van der Waals surface area contributed by atoms with E-state index < -0.39 is 6.09 Å². The Kier molecular flexibility index (Phi) is 5.09. The van der Waals surface area contributed by atoms with Crippen LogP contribution in [0.2, 0.25) is 0 Å². The van der Waals surface area contributed by atoms with Crippen LogP contribution < -0.4 is 5.32 Å². The molecule has 0 aromatic heterocycles. The fraction of sp³-hybridized carbons (Fsp3) is 0.857. The number of amides is 2. The normalized spacial score (nSPS) is 26.0. The maximum absolute atomic E-state index is 11.7. The largest absolute Gasteiger partial charge is 0.453 e. The maximum Gasteiger partial charge on any atom is 0.409 e. The minimum absolute atomic E-state index is 0.0503. The lowest BCUT2D eigenvalue weighted by Gasteiger charge is -2.37. The number of ether oxygens (including phenoxy) is 2. The van der Waals surface area contributed by atoms with Crippen molar-refractivity contribution in [3.05, 3.63) is 0 Å². The Hall–Kier alpha value is -1.46. The molecule has 2 fully saturated rings. The summed E-state index contributed by atoms with van der Waals surface area (Å²) < 4.78 is 9.71. The van der Waals surface area contributed by atoms with Gasteiger partial charge in [-0.3, -0.25) is 0 Å². The summed E-state index contributed by atoms with van der Waals surface area (Å²) in [5.41, 5.74) is 0. The summed E-state index contributed by atoms with van der Waals surface area (Å²) >= 11 is 0. The van der Waals surface area contributed by atoms with E-state index in [9.17, 15) is 9.59 Å². The Morgan fingerprint density at radius 1 is 1.25 bits per heavy atom. The molecule has 0 radical (unpaired) electrons. The van der Waals surface area contributed by atoms with Crippen LogP contribution in [0.3, 0.4) is 0 Å². The topological polar surface area (TPSA) is 67.9 Å². The Morgan fingerprint density at radius 2 is 2.00 bits per heavy atom. The number of likely N-dealkylation sites (tertiary alicyclic amines) is 1. The highest BCUT2D eigenvalue weighted by Gasteiger charge is 2.34. The smallest absolute Gasteiger partial charge is 0.409 e. The van der Waals surface area contributed by atoms with Gasteiger partial charge in [0.25, 0.3) is 0 Å². The monoisotopic (exact) mass is 284 g/mol. The van der Waals surface area contributed by atoms with Crippen molar-refractivity contribution in [2.45, 2.75) is 38.6 Å². The minimum atomic E-state index is -0.408. The number of hydrogen-bond donors (Lipinski definition) is 1. The van der Waals surface area contributed by atoms with Crippen LogP contribution in [0.1, 0.15) is 32.6 Å². The van der Waals surface area contributed by atoms with Crippen LogP contribution in [-0.2, 0) is 9.47 Å². The van der Waals surface area contributed by atoms with Gasteiger partial charge in [-0.05, 0) is 31.6 Å². The quantitative estimate of drug-likeness (QED) is 0.857. The number of rotatable bonds is 4. The average Bonchev–Trinajstić information content (AvgIpc) is 3.21. The third-order valence-electron chi connectivity index (χ3n) is 3.93. The van der Waals surface area contributed by atoms with Gasteiger partial charge in [-0.25, -0.2) is 9.59 Å². The number of nitrogens with one attached hydrogen (secondary N) is 1. The molecule has 0 bridgehead atoms. The van der Waals surface area contributed by atoms with Crippen molar-refractivity contribution in [1.29, 1.82) is 0 Å². The van der Waals surface area contributed by atoms with Crippen LogP contribution in [0, 0.1) is 11.8 Å². The van der Waals surface area contributed by atoms with Crippen LogP contribution >= 0.6 is 0 Å². The molecule has 6 nitrogen and oxygen atoms in total. The van der Waals surface area contributed by atoms with Gasteiger partial charge in [-0.2, -0.15) is 0 Å². The van der Waals surface area contributed by atoms with Crippen molar-refractivity contribution < 1.29 is 19.1 Å². The first-order valence-electron chi connectivity index (χ1n) is 7.38. The summed E-state index contributed by atoms with van der Waals surface area (Å²) in [5.74, 6) is 1.24. The van der Waals surface area contributed by atoms with Crippen LogP contribution in [0.15, 0.2) is 0 Å². The average molecular weight is 284 g/mol. The highest BCUT2D eigenvalue weighted by molar-refractivity contribution is 5.69. The first-order valence-corrected chi connectivity index (χ1v) is 7.38. The van der Waals surface area contributed by atoms with Crippen molar-refractivity contribution in [1.82, 2.24) is 10.2 Å². The second kappa shape index (κ2) is 6.81. The van der Waals surface area contributed by atoms with Crippen molar-refractivity contribution in [2.24, 2.45) is 11.8 Å². The molecule has 1 aliphatic heterocycles. The molecule has 0 aromatic carbocycles. The third-order valence-corrected chi connectivity index (χ3v) is 3.93. The molecule has 2 atom stereocenters. The number of methoxy groups -OCH3 is 1. The second-order valence-electron chi connectivity index (χ2n) is 5.72. The zero-order valence-electron chi connectivity index (χ0n) is 12.3. The predicted molar refractivity (Wildman–Crippen MR) is 73.4 cm³/mol. The summed E-state index contributed by atoms with van der Waals surface area (Å²) in [6.45, 7) is 3.35. The first-order chi connectivity index (χ1) is 9.62. The number of alkyl carbamates (subject to hydrolysis) is 1. The lowest BCUT2D eigenvalue weighted by atomic mass is 9.90. The fourth-order valence-electron chi connectivity index (χ4n) is 2.92. The van der Waals surface area contributed by atoms with Crippen molar-refractivity contribution in [3.63, 3.8) is 0 Å². The van der Waals surface area contributed by atoms with E-state index in [1.807, 2.05) is 0 Å². The van der Waals surface area contributed by atoms with Gasteiger partial charge in [-0.15, -0.1) is 0 Å². The van der Waals surface area contributed by atoms with Gasteiger partial charge in [0.1, 0.15) is 0 Å². The van der Waals surface area contributed by atoms with Gasteiger partial charge >= 0.3 is 12.2 Å². The van der Waals surface area contributed by atoms with Crippen molar-refractivity contribution in [2.75, 3.05) is 26.8 Å². The molecule has 1 N–H and O–H groups in total. The Bertz CT molecular complexity index is 357. The minimum Gasteiger partial charge on any atom is -0.453 e. The number of nitrogens with zero attached hydrogens (tertiary/aromatic N) is 1. The van der Waals surface area contributed by atoms with Gasteiger partial charge < -0.3 is 19.7 Å². The Labute approximate surface area is 119 Å². The van der Waals surface area contributed by atoms with E-state index >= 15 is 0 Å². The van der Waals surface area contributed by atoms with E-state index in [4.69, 9.17) is 9.47 Å². The second-order valence-corrected chi connectivity index (χ2v) is 5.72. The summed E-state index contributed by atoms with van der Waals surface area (Å²) in [6.07, 6.45) is 3.91. The standard InChI is InChI=1S/C14H24N2O4/c1-3-20-13(17)15-12-7-11(6-10-4-5-10)8-16(9-12)14(18)19-2/h10-12H,3-9H2,1-2H3,(H,15,17). The molecule has 2 unspecified atom stereocenters. The highest BCUT2D eigenvalue weighted by Crippen LogP contribution is 2.37. The van der Waals surface area contributed by atoms with Gasteiger partial charge in [0.05, 0.1) is 19.8 Å². The van der Waals surface area contributed by atoms with Gasteiger partial charge in [0.15, 0.2) is 0 Å². The van der Waals surface area contributed by atoms with E-state index in [1.165, 1.54) is 20.0 Å². The first kappa shape index (κ1) is 14.9. The summed E-state index contributed by atoms with van der Waals surface area (Å²) in [7, 11) is 1.39. The van der Waals surface area contributed by atoms with Gasteiger partial charge in [0.2, 0.25) is 0 Å². The molecule has 114 valence electrons. The summed E-state index contributed by atoms with van der Waals surface area (Å²) in [4.78, 5) is 24.9. The van der Waals surface area contributed by atoms with E-state index in [1.54, 1.807) is 11.8 Å². The van der Waals surface area contributed by atoms with E-state index in [2.05, 4.69) is 5.32 Å². The predicted octanol–water partition coefficient (Wildman–Crippen LogP) is 1.99. The summed E-state index contributed by atoms with van der Waals surface area (Å²) in [6, 6.07) is -0.0503. The highest BCUT2D eigenvalue weighted by atomic mass is 16.5. The molecule has 2 aliphatic rings. The lowest BCUT2D eigenvalue weighted by molar-refractivity contribution is 0.0839. The lowest BCUT2D eigenvalue weighted by Crippen LogP contribution is -2.52. The SMILES string of the molecule is CCOC(=O)NC1CC(CC2CC2)CN(C(=O)OC)C1. The van der Waals surface area contributed by atoms with Crippen LogP contribution in [0.5, 0.6) is 0 Å². The Morgan fingerprint density at radius 3 is 2.60 bits per heavy atom. The van der Waals surface area contributed by atoms with Crippen LogP contribution in [0.4, 0.5) is 9.59 Å². The maximum atomic E-state index is 11.7. The molecule has 20 heavy (non-hydrogen) atoms. The molecule has 0 aromatic rings. The molecule has 1 saturated carbocycles. The molecule has 1 aliphatic carbocycles. The van der Waals surface area contributed by atoms with Gasteiger partial charge in [0, 0.05) is 13.1 Å². The summed E-state index contributed by atoms with van der Waals surface area (Å²) in [5, 5.41) is 2.84. The fourth-order valence-corrected chi connectivity index (χ4v) is 2.92. The Balaban J connectivity index is 1.91. The molecule has 6 heteroatoms. The molecule has 1 heterocycles. The van der Waals surface area contributed by atoms with Gasteiger partial charge in [-0.1, -0.05) is 12.8 Å². The molecule has 2 amide bonds. The van der Waals surface area contributed by atoms with Crippen LogP contribution in [-0.4, -0.2) is 49.9 Å².